The number of carbonyl (C=O) groups is 1. The summed E-state index contributed by atoms with van der Waals surface area (Å²) in [5.74, 6) is 0.754. The van der Waals surface area contributed by atoms with Gasteiger partial charge in [-0.2, -0.15) is 0 Å². The third kappa shape index (κ3) is 5.03. The van der Waals surface area contributed by atoms with Crippen LogP contribution in [-0.4, -0.2) is 25.7 Å². The van der Waals surface area contributed by atoms with Gasteiger partial charge < -0.3 is 10.1 Å². The first-order chi connectivity index (χ1) is 9.24. The summed E-state index contributed by atoms with van der Waals surface area (Å²) in [4.78, 5) is 11.8. The Morgan fingerprint density at radius 3 is 2.89 bits per heavy atom. The molecule has 1 heterocycles. The number of hydrogen-bond donors (Lipinski definition) is 1. The van der Waals surface area contributed by atoms with Gasteiger partial charge in [0.2, 0.25) is 5.91 Å². The van der Waals surface area contributed by atoms with Crippen molar-refractivity contribution in [2.24, 2.45) is 5.92 Å². The molecule has 0 unspecified atom stereocenters. The SMILES string of the molecule is Cc1cccc(CCC(=O)NCC2CCOCC2)c1. The number of benzene rings is 1. The largest absolute Gasteiger partial charge is 0.381 e. The average Bonchev–Trinajstić information content (AvgIpc) is 2.44. The third-order valence-corrected chi connectivity index (χ3v) is 3.65. The Labute approximate surface area is 115 Å². The van der Waals surface area contributed by atoms with Gasteiger partial charge in [-0.15, -0.1) is 0 Å². The third-order valence-electron chi connectivity index (χ3n) is 3.65. The normalized spacial score (nSPS) is 16.3. The summed E-state index contributed by atoms with van der Waals surface area (Å²) in [6.45, 7) is 4.55. The number of ether oxygens (including phenoxy) is 1. The lowest BCUT2D eigenvalue weighted by molar-refractivity contribution is -0.121. The summed E-state index contributed by atoms with van der Waals surface area (Å²) in [7, 11) is 0. The van der Waals surface area contributed by atoms with Gasteiger partial charge >= 0.3 is 0 Å². The van der Waals surface area contributed by atoms with E-state index in [4.69, 9.17) is 4.74 Å². The lowest BCUT2D eigenvalue weighted by Crippen LogP contribution is -2.32. The van der Waals surface area contributed by atoms with Gasteiger partial charge in [0.05, 0.1) is 0 Å². The molecule has 2 rings (SSSR count). The van der Waals surface area contributed by atoms with Crippen molar-refractivity contribution in [2.45, 2.75) is 32.6 Å². The predicted octanol–water partition coefficient (Wildman–Crippen LogP) is 2.47. The summed E-state index contributed by atoms with van der Waals surface area (Å²) >= 11 is 0. The second-order valence-electron chi connectivity index (χ2n) is 5.35. The fraction of sp³-hybridized carbons (Fsp3) is 0.562. The van der Waals surface area contributed by atoms with Crippen LogP contribution in [0.1, 0.15) is 30.4 Å². The molecule has 0 radical (unpaired) electrons. The van der Waals surface area contributed by atoms with Crippen LogP contribution < -0.4 is 5.32 Å². The van der Waals surface area contributed by atoms with Crippen LogP contribution in [0.4, 0.5) is 0 Å². The van der Waals surface area contributed by atoms with Crippen LogP contribution in [0.15, 0.2) is 24.3 Å². The van der Waals surface area contributed by atoms with Crippen molar-refractivity contribution >= 4 is 5.91 Å². The van der Waals surface area contributed by atoms with Crippen LogP contribution in [0.3, 0.4) is 0 Å². The van der Waals surface area contributed by atoms with Gasteiger partial charge in [0.1, 0.15) is 0 Å². The van der Waals surface area contributed by atoms with Gasteiger partial charge in [-0.25, -0.2) is 0 Å². The highest BCUT2D eigenvalue weighted by atomic mass is 16.5. The minimum absolute atomic E-state index is 0.160. The molecule has 1 fully saturated rings. The number of aryl methyl sites for hydroxylation is 2. The van der Waals surface area contributed by atoms with E-state index in [0.717, 1.165) is 39.0 Å². The molecule has 1 amide bonds. The highest BCUT2D eigenvalue weighted by Gasteiger charge is 2.14. The molecule has 1 aliphatic rings. The number of hydrogen-bond acceptors (Lipinski definition) is 2. The van der Waals surface area contributed by atoms with E-state index in [9.17, 15) is 4.79 Å². The zero-order valence-electron chi connectivity index (χ0n) is 11.7. The Kier molecular flexibility index (Phi) is 5.40. The second kappa shape index (κ2) is 7.29. The molecule has 1 N–H and O–H groups in total. The van der Waals surface area contributed by atoms with Crippen molar-refractivity contribution in [2.75, 3.05) is 19.8 Å². The molecule has 0 saturated carbocycles. The molecule has 0 aromatic heterocycles. The van der Waals surface area contributed by atoms with Gasteiger partial charge in [0, 0.05) is 26.2 Å². The van der Waals surface area contributed by atoms with E-state index in [1.165, 1.54) is 11.1 Å². The molecule has 0 bridgehead atoms. The Morgan fingerprint density at radius 2 is 2.16 bits per heavy atom. The van der Waals surface area contributed by atoms with Gasteiger partial charge in [-0.05, 0) is 37.7 Å². The fourth-order valence-corrected chi connectivity index (χ4v) is 2.42. The van der Waals surface area contributed by atoms with Crippen LogP contribution in [-0.2, 0) is 16.0 Å². The van der Waals surface area contributed by atoms with Crippen molar-refractivity contribution in [1.29, 1.82) is 0 Å². The van der Waals surface area contributed by atoms with E-state index in [-0.39, 0.29) is 5.91 Å². The maximum atomic E-state index is 11.8. The van der Waals surface area contributed by atoms with Crippen molar-refractivity contribution in [3.63, 3.8) is 0 Å². The van der Waals surface area contributed by atoms with E-state index < -0.39 is 0 Å². The summed E-state index contributed by atoms with van der Waals surface area (Å²) in [5, 5.41) is 3.04. The first-order valence-electron chi connectivity index (χ1n) is 7.14. The first kappa shape index (κ1) is 14.1. The van der Waals surface area contributed by atoms with Crippen molar-refractivity contribution in [1.82, 2.24) is 5.32 Å². The fourth-order valence-electron chi connectivity index (χ4n) is 2.42. The van der Waals surface area contributed by atoms with E-state index in [2.05, 4.69) is 30.4 Å². The first-order valence-corrected chi connectivity index (χ1v) is 7.14. The monoisotopic (exact) mass is 261 g/mol. The number of nitrogens with one attached hydrogen (secondary N) is 1. The number of amides is 1. The topological polar surface area (TPSA) is 38.3 Å². The molecule has 3 heteroatoms. The smallest absolute Gasteiger partial charge is 0.220 e. The molecule has 104 valence electrons. The van der Waals surface area contributed by atoms with E-state index in [0.29, 0.717) is 12.3 Å². The second-order valence-corrected chi connectivity index (χ2v) is 5.35. The maximum Gasteiger partial charge on any atom is 0.220 e. The van der Waals surface area contributed by atoms with Crippen molar-refractivity contribution in [3.8, 4) is 0 Å². The number of carbonyl (C=O) groups excluding carboxylic acids is 1. The zero-order valence-corrected chi connectivity index (χ0v) is 11.7. The molecule has 1 saturated heterocycles. The van der Waals surface area contributed by atoms with Crippen LogP contribution in [0.5, 0.6) is 0 Å². The highest BCUT2D eigenvalue weighted by molar-refractivity contribution is 5.76. The molecule has 0 spiro atoms. The summed E-state index contributed by atoms with van der Waals surface area (Å²) in [6.07, 6.45) is 3.53. The van der Waals surface area contributed by atoms with Crippen molar-refractivity contribution < 1.29 is 9.53 Å². The van der Waals surface area contributed by atoms with Crippen LogP contribution in [0.25, 0.3) is 0 Å². The maximum absolute atomic E-state index is 11.8. The lowest BCUT2D eigenvalue weighted by Gasteiger charge is -2.22. The molecule has 1 aliphatic heterocycles. The molecular formula is C16H23NO2. The zero-order chi connectivity index (χ0) is 13.5. The molecule has 0 atom stereocenters. The quantitative estimate of drug-likeness (QED) is 0.884. The van der Waals surface area contributed by atoms with Crippen LogP contribution in [0.2, 0.25) is 0 Å². The van der Waals surface area contributed by atoms with Crippen LogP contribution >= 0.6 is 0 Å². The Hall–Kier alpha value is -1.35. The van der Waals surface area contributed by atoms with Gasteiger partial charge in [0.15, 0.2) is 0 Å². The lowest BCUT2D eigenvalue weighted by atomic mass is 10.0. The summed E-state index contributed by atoms with van der Waals surface area (Å²) in [5.41, 5.74) is 2.49. The molecule has 0 aliphatic carbocycles. The standard InChI is InChI=1S/C16H23NO2/c1-13-3-2-4-14(11-13)5-6-16(18)17-12-15-7-9-19-10-8-15/h2-4,11,15H,5-10,12H2,1H3,(H,17,18). The minimum Gasteiger partial charge on any atom is -0.381 e. The minimum atomic E-state index is 0.160. The Balaban J connectivity index is 1.66. The van der Waals surface area contributed by atoms with Gasteiger partial charge in [-0.3, -0.25) is 4.79 Å². The van der Waals surface area contributed by atoms with Crippen molar-refractivity contribution in [3.05, 3.63) is 35.4 Å². The van der Waals surface area contributed by atoms with E-state index in [1.54, 1.807) is 0 Å². The van der Waals surface area contributed by atoms with Crippen LogP contribution in [0, 0.1) is 12.8 Å². The molecule has 3 nitrogen and oxygen atoms in total. The average molecular weight is 261 g/mol. The van der Waals surface area contributed by atoms with E-state index >= 15 is 0 Å². The molecule has 1 aromatic rings. The summed E-state index contributed by atoms with van der Waals surface area (Å²) in [6, 6.07) is 8.35. The Bertz CT molecular complexity index is 411. The molecule has 19 heavy (non-hydrogen) atoms. The summed E-state index contributed by atoms with van der Waals surface area (Å²) < 4.78 is 5.31. The van der Waals surface area contributed by atoms with Gasteiger partial charge in [-0.1, -0.05) is 29.8 Å². The predicted molar refractivity (Wildman–Crippen MR) is 76.1 cm³/mol. The number of rotatable bonds is 5. The van der Waals surface area contributed by atoms with E-state index in [1.807, 2.05) is 6.07 Å². The highest BCUT2D eigenvalue weighted by Crippen LogP contribution is 2.13. The molecular weight excluding hydrogens is 238 g/mol. The Morgan fingerprint density at radius 1 is 1.37 bits per heavy atom. The van der Waals surface area contributed by atoms with Gasteiger partial charge in [0.25, 0.3) is 0 Å². The molecule has 1 aromatic carbocycles.